The molecule has 1 amide bonds. The van der Waals surface area contributed by atoms with Gasteiger partial charge in [-0.15, -0.1) is 0 Å². The summed E-state index contributed by atoms with van der Waals surface area (Å²) in [6.07, 6.45) is 3.44. The smallest absolute Gasteiger partial charge is 0.241 e. The number of thiocarbonyl (C=S) groups is 1. The highest BCUT2D eigenvalue weighted by Crippen LogP contribution is 2.15. The van der Waals surface area contributed by atoms with E-state index in [9.17, 15) is 4.79 Å². The van der Waals surface area contributed by atoms with Crippen molar-refractivity contribution >= 4 is 28.8 Å². The van der Waals surface area contributed by atoms with Crippen LogP contribution in [0.2, 0.25) is 0 Å². The predicted octanol–water partition coefficient (Wildman–Crippen LogP) is 1.75. The molecule has 0 radical (unpaired) electrons. The highest BCUT2D eigenvalue weighted by molar-refractivity contribution is 7.80. The molecule has 1 aliphatic rings. The van der Waals surface area contributed by atoms with Crippen molar-refractivity contribution in [2.45, 2.75) is 19.3 Å². The number of carbonyl (C=O) groups is 1. The Morgan fingerprint density at radius 1 is 1.26 bits per heavy atom. The summed E-state index contributed by atoms with van der Waals surface area (Å²) < 4.78 is 0. The number of para-hydroxylation sites is 1. The van der Waals surface area contributed by atoms with Crippen molar-refractivity contribution in [3.63, 3.8) is 0 Å². The summed E-state index contributed by atoms with van der Waals surface area (Å²) >= 11 is 5.00. The van der Waals surface area contributed by atoms with Gasteiger partial charge in [0.05, 0.1) is 6.54 Å². The first-order valence-electron chi connectivity index (χ1n) is 6.59. The van der Waals surface area contributed by atoms with Gasteiger partial charge in [-0.3, -0.25) is 4.79 Å². The van der Waals surface area contributed by atoms with Crippen LogP contribution in [-0.4, -0.2) is 35.4 Å². The number of carbonyl (C=O) groups excluding carboxylic acids is 1. The molecule has 19 heavy (non-hydrogen) atoms. The van der Waals surface area contributed by atoms with Crippen LogP contribution in [0, 0.1) is 0 Å². The van der Waals surface area contributed by atoms with Crippen molar-refractivity contribution in [2.24, 2.45) is 5.73 Å². The van der Waals surface area contributed by atoms with Crippen LogP contribution < -0.4 is 11.1 Å². The Bertz CT molecular complexity index is 470. The van der Waals surface area contributed by atoms with E-state index in [4.69, 9.17) is 18.0 Å². The van der Waals surface area contributed by atoms with Gasteiger partial charge in [0.2, 0.25) is 5.91 Å². The Morgan fingerprint density at radius 3 is 2.63 bits per heavy atom. The van der Waals surface area contributed by atoms with Gasteiger partial charge < -0.3 is 16.0 Å². The summed E-state index contributed by atoms with van der Waals surface area (Å²) in [5.41, 5.74) is 7.26. The SMILES string of the molecule is NC(=S)c1ccccc1NCC(=O)N1CCCCC1. The second kappa shape index (κ2) is 6.52. The first-order valence-corrected chi connectivity index (χ1v) is 7.00. The third-order valence-electron chi connectivity index (χ3n) is 3.33. The summed E-state index contributed by atoms with van der Waals surface area (Å²) in [5.74, 6) is 0.137. The topological polar surface area (TPSA) is 58.4 Å². The zero-order valence-corrected chi connectivity index (χ0v) is 11.7. The van der Waals surface area contributed by atoms with Gasteiger partial charge in [-0.05, 0) is 31.4 Å². The Morgan fingerprint density at radius 2 is 1.95 bits per heavy atom. The van der Waals surface area contributed by atoms with E-state index in [0.29, 0.717) is 11.5 Å². The lowest BCUT2D eigenvalue weighted by atomic mass is 10.1. The van der Waals surface area contributed by atoms with Crippen LogP contribution in [0.4, 0.5) is 5.69 Å². The van der Waals surface area contributed by atoms with Gasteiger partial charge in [0.25, 0.3) is 0 Å². The van der Waals surface area contributed by atoms with Crippen LogP contribution in [-0.2, 0) is 4.79 Å². The van der Waals surface area contributed by atoms with E-state index in [1.165, 1.54) is 6.42 Å². The number of likely N-dealkylation sites (tertiary alicyclic amines) is 1. The van der Waals surface area contributed by atoms with Gasteiger partial charge in [0, 0.05) is 24.3 Å². The van der Waals surface area contributed by atoms with Crippen LogP contribution in [0.5, 0.6) is 0 Å². The molecule has 0 atom stereocenters. The van der Waals surface area contributed by atoms with E-state index < -0.39 is 0 Å². The van der Waals surface area contributed by atoms with E-state index in [2.05, 4.69) is 5.32 Å². The van der Waals surface area contributed by atoms with Crippen LogP contribution in [0.25, 0.3) is 0 Å². The molecule has 1 aromatic rings. The quantitative estimate of drug-likeness (QED) is 0.823. The molecule has 1 saturated heterocycles. The van der Waals surface area contributed by atoms with Crippen LogP contribution >= 0.6 is 12.2 Å². The Hall–Kier alpha value is -1.62. The molecular weight excluding hydrogens is 258 g/mol. The molecule has 0 saturated carbocycles. The fourth-order valence-electron chi connectivity index (χ4n) is 2.28. The Labute approximate surface area is 119 Å². The number of nitrogens with zero attached hydrogens (tertiary/aromatic N) is 1. The average molecular weight is 277 g/mol. The lowest BCUT2D eigenvalue weighted by Gasteiger charge is -2.27. The monoisotopic (exact) mass is 277 g/mol. The van der Waals surface area contributed by atoms with Gasteiger partial charge >= 0.3 is 0 Å². The first kappa shape index (κ1) is 13.8. The summed E-state index contributed by atoms with van der Waals surface area (Å²) in [6.45, 7) is 2.04. The third kappa shape index (κ3) is 3.67. The number of nitrogens with one attached hydrogen (secondary N) is 1. The maximum absolute atomic E-state index is 12.1. The highest BCUT2D eigenvalue weighted by Gasteiger charge is 2.16. The number of nitrogens with two attached hydrogens (primary N) is 1. The van der Waals surface area contributed by atoms with Gasteiger partial charge in [-0.1, -0.05) is 24.4 Å². The van der Waals surface area contributed by atoms with Crippen molar-refractivity contribution in [3.05, 3.63) is 29.8 Å². The molecule has 2 rings (SSSR count). The largest absolute Gasteiger partial charge is 0.389 e. The minimum atomic E-state index is 0.137. The fraction of sp³-hybridized carbons (Fsp3) is 0.429. The molecule has 102 valence electrons. The number of hydrogen-bond acceptors (Lipinski definition) is 3. The van der Waals surface area contributed by atoms with E-state index in [1.54, 1.807) is 0 Å². The molecule has 1 fully saturated rings. The predicted molar refractivity (Wildman–Crippen MR) is 81.3 cm³/mol. The summed E-state index contributed by atoms with van der Waals surface area (Å²) in [5, 5.41) is 3.13. The number of rotatable bonds is 4. The fourth-order valence-corrected chi connectivity index (χ4v) is 2.46. The van der Waals surface area contributed by atoms with Gasteiger partial charge in [-0.25, -0.2) is 0 Å². The molecule has 0 aromatic heterocycles. The summed E-state index contributed by atoms with van der Waals surface area (Å²) in [6, 6.07) is 7.52. The lowest BCUT2D eigenvalue weighted by Crippen LogP contribution is -2.39. The summed E-state index contributed by atoms with van der Waals surface area (Å²) in [4.78, 5) is 14.3. The van der Waals surface area contributed by atoms with Gasteiger partial charge in [-0.2, -0.15) is 0 Å². The second-order valence-corrected chi connectivity index (χ2v) is 5.14. The van der Waals surface area contributed by atoms with Gasteiger partial charge in [0.1, 0.15) is 4.99 Å². The lowest BCUT2D eigenvalue weighted by molar-refractivity contribution is -0.130. The number of benzene rings is 1. The zero-order valence-electron chi connectivity index (χ0n) is 10.9. The Kier molecular flexibility index (Phi) is 4.74. The van der Waals surface area contributed by atoms with Crippen molar-refractivity contribution in [2.75, 3.05) is 25.0 Å². The normalized spacial score (nSPS) is 15.1. The standard InChI is InChI=1S/C14H19N3OS/c15-14(19)11-6-2-3-7-12(11)16-10-13(18)17-8-4-1-5-9-17/h2-3,6-7,16H,1,4-5,8-10H2,(H2,15,19). The van der Waals surface area contributed by atoms with Gasteiger partial charge in [0.15, 0.2) is 0 Å². The van der Waals surface area contributed by atoms with Crippen molar-refractivity contribution in [1.29, 1.82) is 0 Å². The third-order valence-corrected chi connectivity index (χ3v) is 3.55. The van der Waals surface area contributed by atoms with E-state index in [1.807, 2.05) is 29.2 Å². The van der Waals surface area contributed by atoms with Crippen LogP contribution in [0.3, 0.4) is 0 Å². The molecule has 0 aliphatic carbocycles. The first-order chi connectivity index (χ1) is 9.18. The van der Waals surface area contributed by atoms with E-state index >= 15 is 0 Å². The molecule has 4 nitrogen and oxygen atoms in total. The van der Waals surface area contributed by atoms with E-state index in [0.717, 1.165) is 37.2 Å². The molecule has 1 aromatic carbocycles. The maximum atomic E-state index is 12.1. The minimum Gasteiger partial charge on any atom is -0.389 e. The minimum absolute atomic E-state index is 0.137. The van der Waals surface area contributed by atoms with Crippen molar-refractivity contribution < 1.29 is 4.79 Å². The number of amides is 1. The van der Waals surface area contributed by atoms with E-state index in [-0.39, 0.29) is 5.91 Å². The number of anilines is 1. The molecule has 5 heteroatoms. The molecular formula is C14H19N3OS. The maximum Gasteiger partial charge on any atom is 0.241 e. The van der Waals surface area contributed by atoms with Crippen molar-refractivity contribution in [3.8, 4) is 0 Å². The van der Waals surface area contributed by atoms with Crippen LogP contribution in [0.1, 0.15) is 24.8 Å². The highest BCUT2D eigenvalue weighted by atomic mass is 32.1. The molecule has 0 bridgehead atoms. The average Bonchev–Trinajstić information content (AvgIpc) is 2.46. The zero-order chi connectivity index (χ0) is 13.7. The van der Waals surface area contributed by atoms with Crippen molar-refractivity contribution in [1.82, 2.24) is 4.90 Å². The Balaban J connectivity index is 1.94. The second-order valence-electron chi connectivity index (χ2n) is 4.70. The molecule has 0 unspecified atom stereocenters. The summed E-state index contributed by atoms with van der Waals surface area (Å²) in [7, 11) is 0. The molecule has 1 aliphatic heterocycles. The molecule has 3 N–H and O–H groups in total. The molecule has 1 heterocycles. The number of piperidine rings is 1. The number of hydrogen-bond donors (Lipinski definition) is 2. The van der Waals surface area contributed by atoms with Crippen LogP contribution in [0.15, 0.2) is 24.3 Å². The molecule has 0 spiro atoms.